The first-order valence-corrected chi connectivity index (χ1v) is 7.61. The highest BCUT2D eigenvalue weighted by Gasteiger charge is 2.21. The number of halogens is 1. The van der Waals surface area contributed by atoms with Crippen molar-refractivity contribution in [2.75, 3.05) is 0 Å². The molecule has 0 N–H and O–H groups in total. The minimum atomic E-state index is -0.981. The van der Waals surface area contributed by atoms with Gasteiger partial charge in [0.2, 0.25) is 6.29 Å². The van der Waals surface area contributed by atoms with Gasteiger partial charge >= 0.3 is 11.9 Å². The zero-order valence-electron chi connectivity index (χ0n) is 13.8. The smallest absolute Gasteiger partial charge is 0.316 e. The molecule has 0 fully saturated rings. The molecule has 2 aromatic rings. The highest BCUT2D eigenvalue weighted by atomic mass is 19.1. The van der Waals surface area contributed by atoms with Crippen LogP contribution in [0.3, 0.4) is 0 Å². The zero-order valence-corrected chi connectivity index (χ0v) is 13.8. The molecule has 0 aromatic heterocycles. The van der Waals surface area contributed by atoms with E-state index in [1.807, 2.05) is 30.3 Å². The molecular formula is C19H19FO4. The van der Waals surface area contributed by atoms with Crippen molar-refractivity contribution in [1.29, 1.82) is 0 Å². The van der Waals surface area contributed by atoms with Gasteiger partial charge in [-0.15, -0.1) is 0 Å². The maximum absolute atomic E-state index is 14.4. The van der Waals surface area contributed by atoms with E-state index >= 15 is 0 Å². The van der Waals surface area contributed by atoms with E-state index in [-0.39, 0.29) is 0 Å². The standard InChI is InChI=1S/C19H19FO4/c1-12(19(22)24-14(3)23-13(2)21)16-9-10-17(18(20)11-16)15-7-5-4-6-8-15/h4-12,14H,1-3H3/t12-,14-/m0/s1. The summed E-state index contributed by atoms with van der Waals surface area (Å²) in [5.41, 5.74) is 1.72. The molecule has 0 saturated carbocycles. The van der Waals surface area contributed by atoms with Gasteiger partial charge in [-0.2, -0.15) is 0 Å². The Labute approximate surface area is 140 Å². The Morgan fingerprint density at radius 3 is 2.25 bits per heavy atom. The first-order chi connectivity index (χ1) is 11.4. The molecule has 2 atom stereocenters. The average Bonchev–Trinajstić information content (AvgIpc) is 2.54. The van der Waals surface area contributed by atoms with Crippen molar-refractivity contribution in [3.8, 4) is 11.1 Å². The Bertz CT molecular complexity index is 727. The predicted octanol–water partition coefficient (Wildman–Crippen LogP) is 4.05. The van der Waals surface area contributed by atoms with Crippen LogP contribution in [-0.4, -0.2) is 18.2 Å². The molecule has 126 valence electrons. The number of ether oxygens (including phenoxy) is 2. The average molecular weight is 330 g/mol. The van der Waals surface area contributed by atoms with Gasteiger partial charge in [0.1, 0.15) is 5.82 Å². The topological polar surface area (TPSA) is 52.6 Å². The van der Waals surface area contributed by atoms with Crippen LogP contribution in [0, 0.1) is 5.82 Å². The molecular weight excluding hydrogens is 311 g/mol. The molecule has 0 aliphatic carbocycles. The number of benzene rings is 2. The van der Waals surface area contributed by atoms with E-state index in [1.165, 1.54) is 19.9 Å². The zero-order chi connectivity index (χ0) is 17.7. The van der Waals surface area contributed by atoms with Crippen LogP contribution in [0.1, 0.15) is 32.3 Å². The Kier molecular flexibility index (Phi) is 5.68. The van der Waals surface area contributed by atoms with Gasteiger partial charge in [0.15, 0.2) is 0 Å². The summed E-state index contributed by atoms with van der Waals surface area (Å²) in [5, 5.41) is 0. The van der Waals surface area contributed by atoms with Crippen molar-refractivity contribution in [3.63, 3.8) is 0 Å². The number of hydrogen-bond donors (Lipinski definition) is 0. The summed E-state index contributed by atoms with van der Waals surface area (Å²) in [6.45, 7) is 4.29. The van der Waals surface area contributed by atoms with Gasteiger partial charge in [0.25, 0.3) is 0 Å². The van der Waals surface area contributed by atoms with Crippen LogP contribution in [0.5, 0.6) is 0 Å². The number of carbonyl (C=O) groups is 2. The van der Waals surface area contributed by atoms with Crippen molar-refractivity contribution in [2.45, 2.75) is 33.0 Å². The van der Waals surface area contributed by atoms with E-state index in [9.17, 15) is 14.0 Å². The number of esters is 2. The lowest BCUT2D eigenvalue weighted by Crippen LogP contribution is -2.23. The molecule has 2 aromatic carbocycles. The summed E-state index contributed by atoms with van der Waals surface area (Å²) in [5.74, 6) is -2.22. The summed E-state index contributed by atoms with van der Waals surface area (Å²) >= 11 is 0. The second-order valence-electron chi connectivity index (χ2n) is 5.44. The molecule has 0 saturated heterocycles. The molecule has 4 nitrogen and oxygen atoms in total. The van der Waals surface area contributed by atoms with Crippen LogP contribution in [0.25, 0.3) is 11.1 Å². The van der Waals surface area contributed by atoms with Crippen molar-refractivity contribution >= 4 is 11.9 Å². The first-order valence-electron chi connectivity index (χ1n) is 7.61. The summed E-state index contributed by atoms with van der Waals surface area (Å²) < 4.78 is 24.2. The van der Waals surface area contributed by atoms with Crippen molar-refractivity contribution < 1.29 is 23.5 Å². The van der Waals surface area contributed by atoms with Crippen LogP contribution in [0.2, 0.25) is 0 Å². The van der Waals surface area contributed by atoms with Gasteiger partial charge in [0.05, 0.1) is 5.92 Å². The van der Waals surface area contributed by atoms with E-state index in [1.54, 1.807) is 19.1 Å². The van der Waals surface area contributed by atoms with E-state index < -0.39 is 30.0 Å². The maximum atomic E-state index is 14.4. The van der Waals surface area contributed by atoms with Gasteiger partial charge in [-0.05, 0) is 24.1 Å². The van der Waals surface area contributed by atoms with Crippen LogP contribution in [-0.2, 0) is 19.1 Å². The monoisotopic (exact) mass is 330 g/mol. The second-order valence-corrected chi connectivity index (χ2v) is 5.44. The third-order valence-electron chi connectivity index (χ3n) is 3.55. The van der Waals surface area contributed by atoms with E-state index in [4.69, 9.17) is 9.47 Å². The minimum Gasteiger partial charge on any atom is -0.426 e. The van der Waals surface area contributed by atoms with Crippen LogP contribution in [0.15, 0.2) is 48.5 Å². The summed E-state index contributed by atoms with van der Waals surface area (Å²) in [6.07, 6.45) is -0.981. The highest BCUT2D eigenvalue weighted by Crippen LogP contribution is 2.26. The fraction of sp³-hybridized carbons (Fsp3) is 0.263. The quantitative estimate of drug-likeness (QED) is 0.613. The second kappa shape index (κ2) is 7.73. The van der Waals surface area contributed by atoms with Crippen LogP contribution in [0.4, 0.5) is 4.39 Å². The van der Waals surface area contributed by atoms with Crippen molar-refractivity contribution in [1.82, 2.24) is 0 Å². The fourth-order valence-corrected chi connectivity index (χ4v) is 2.31. The normalized spacial score (nSPS) is 13.0. The highest BCUT2D eigenvalue weighted by molar-refractivity contribution is 5.78. The number of rotatable bonds is 5. The Morgan fingerprint density at radius 2 is 1.67 bits per heavy atom. The van der Waals surface area contributed by atoms with Gasteiger partial charge in [-0.3, -0.25) is 9.59 Å². The van der Waals surface area contributed by atoms with E-state index in [0.717, 1.165) is 5.56 Å². The molecule has 5 heteroatoms. The molecule has 2 rings (SSSR count). The van der Waals surface area contributed by atoms with Crippen LogP contribution >= 0.6 is 0 Å². The van der Waals surface area contributed by atoms with Gasteiger partial charge in [0, 0.05) is 19.4 Å². The Hall–Kier alpha value is -2.69. The Balaban J connectivity index is 2.13. The largest absolute Gasteiger partial charge is 0.426 e. The summed E-state index contributed by atoms with van der Waals surface area (Å²) in [7, 11) is 0. The third kappa shape index (κ3) is 4.41. The lowest BCUT2D eigenvalue weighted by atomic mass is 9.97. The van der Waals surface area contributed by atoms with E-state index in [2.05, 4.69) is 0 Å². The number of carbonyl (C=O) groups excluding carboxylic acids is 2. The van der Waals surface area contributed by atoms with Crippen LogP contribution < -0.4 is 0 Å². The molecule has 0 amide bonds. The lowest BCUT2D eigenvalue weighted by molar-refractivity contribution is -0.183. The van der Waals surface area contributed by atoms with Gasteiger partial charge < -0.3 is 9.47 Å². The first kappa shape index (κ1) is 17.7. The molecule has 24 heavy (non-hydrogen) atoms. The molecule has 0 heterocycles. The molecule has 0 spiro atoms. The molecule has 0 radical (unpaired) electrons. The lowest BCUT2D eigenvalue weighted by Gasteiger charge is -2.17. The van der Waals surface area contributed by atoms with Crippen molar-refractivity contribution in [3.05, 3.63) is 59.9 Å². The fourth-order valence-electron chi connectivity index (χ4n) is 2.31. The third-order valence-corrected chi connectivity index (χ3v) is 3.55. The van der Waals surface area contributed by atoms with Gasteiger partial charge in [-0.25, -0.2) is 4.39 Å². The predicted molar refractivity (Wildman–Crippen MR) is 87.6 cm³/mol. The molecule has 0 unspecified atom stereocenters. The molecule has 0 bridgehead atoms. The SMILES string of the molecule is CC(=O)O[C@H](C)OC(=O)[C@@H](C)c1ccc(-c2ccccc2)c(F)c1. The minimum absolute atomic E-state index is 0.411. The maximum Gasteiger partial charge on any atom is 0.316 e. The van der Waals surface area contributed by atoms with Crippen molar-refractivity contribution in [2.24, 2.45) is 0 Å². The van der Waals surface area contributed by atoms with Gasteiger partial charge in [-0.1, -0.05) is 42.5 Å². The summed E-state index contributed by atoms with van der Waals surface area (Å²) in [4.78, 5) is 22.9. The molecule has 0 aliphatic rings. The van der Waals surface area contributed by atoms with E-state index in [0.29, 0.717) is 11.1 Å². The summed E-state index contributed by atoms with van der Waals surface area (Å²) in [6, 6.07) is 13.8. The molecule has 0 aliphatic heterocycles. The Morgan fingerprint density at radius 1 is 1.00 bits per heavy atom. The number of hydrogen-bond acceptors (Lipinski definition) is 4.